The van der Waals surface area contributed by atoms with Gasteiger partial charge in [-0.05, 0) is 51.4 Å². The molecule has 8 nitrogen and oxygen atoms in total. The number of rotatable bonds is 8. The third-order valence-corrected chi connectivity index (χ3v) is 7.11. The predicted molar refractivity (Wildman–Crippen MR) is 133 cm³/mol. The van der Waals surface area contributed by atoms with Gasteiger partial charge in [-0.15, -0.1) is 0 Å². The summed E-state index contributed by atoms with van der Waals surface area (Å²) in [7, 11) is 0. The summed E-state index contributed by atoms with van der Waals surface area (Å²) in [5, 5.41) is 3.14. The van der Waals surface area contributed by atoms with Gasteiger partial charge in [0.1, 0.15) is 0 Å². The van der Waals surface area contributed by atoms with Gasteiger partial charge in [-0.2, -0.15) is 0 Å². The number of amides is 1. The van der Waals surface area contributed by atoms with Gasteiger partial charge in [0, 0.05) is 52.4 Å². The lowest BCUT2D eigenvalue weighted by molar-refractivity contribution is -0.125. The van der Waals surface area contributed by atoms with Gasteiger partial charge in [0.05, 0.1) is 17.0 Å². The Morgan fingerprint density at radius 1 is 1.06 bits per heavy atom. The molecule has 0 unspecified atom stereocenters. The van der Waals surface area contributed by atoms with Crippen LogP contribution in [-0.2, 0) is 11.3 Å². The molecular formula is C25H38N6O2. The van der Waals surface area contributed by atoms with E-state index in [0.717, 1.165) is 76.1 Å². The van der Waals surface area contributed by atoms with Crippen LogP contribution < -0.4 is 15.8 Å². The van der Waals surface area contributed by atoms with E-state index in [1.165, 1.54) is 0 Å². The number of nitrogens with one attached hydrogen (secondary N) is 1. The second-order valence-electron chi connectivity index (χ2n) is 9.18. The average Bonchev–Trinajstić information content (AvgIpc) is 2.86. The fraction of sp³-hybridized carbons (Fsp3) is 0.640. The smallest absolute Gasteiger partial charge is 0.293 e. The largest absolute Gasteiger partial charge is 0.356 e. The molecule has 2 saturated heterocycles. The second-order valence-corrected chi connectivity index (χ2v) is 9.18. The number of aryl methyl sites for hydroxylation is 1. The lowest BCUT2D eigenvalue weighted by Crippen LogP contribution is -2.47. The first-order chi connectivity index (χ1) is 16.1. The van der Waals surface area contributed by atoms with Crippen LogP contribution in [0.2, 0.25) is 0 Å². The third-order valence-electron chi connectivity index (χ3n) is 7.11. The summed E-state index contributed by atoms with van der Waals surface area (Å²) < 4.78 is 1.78. The minimum absolute atomic E-state index is 0.0690. The molecule has 33 heavy (non-hydrogen) atoms. The summed E-state index contributed by atoms with van der Waals surface area (Å²) in [5.74, 6) is 0.473. The maximum Gasteiger partial charge on any atom is 0.293 e. The summed E-state index contributed by atoms with van der Waals surface area (Å²) in [4.78, 5) is 37.7. The van der Waals surface area contributed by atoms with Gasteiger partial charge < -0.3 is 24.6 Å². The molecule has 1 atom stereocenters. The van der Waals surface area contributed by atoms with E-state index in [1.807, 2.05) is 36.1 Å². The second kappa shape index (κ2) is 11.1. The van der Waals surface area contributed by atoms with E-state index < -0.39 is 0 Å². The third kappa shape index (κ3) is 5.55. The molecule has 0 bridgehead atoms. The van der Waals surface area contributed by atoms with Gasteiger partial charge in [0.25, 0.3) is 5.56 Å². The molecule has 0 aliphatic carbocycles. The van der Waals surface area contributed by atoms with Crippen molar-refractivity contribution in [3.05, 3.63) is 34.6 Å². The summed E-state index contributed by atoms with van der Waals surface area (Å²) in [6, 6.07) is 7.76. The first kappa shape index (κ1) is 23.7. The zero-order valence-corrected chi connectivity index (χ0v) is 20.1. The van der Waals surface area contributed by atoms with Crippen molar-refractivity contribution in [3.8, 4) is 0 Å². The molecule has 1 aromatic heterocycles. The number of carbonyl (C=O) groups excluding carboxylic acids is 1. The Bertz CT molecular complexity index is 998. The lowest BCUT2D eigenvalue weighted by atomic mass is 9.97. The highest BCUT2D eigenvalue weighted by atomic mass is 16.2. The van der Waals surface area contributed by atoms with E-state index in [2.05, 4.69) is 22.0 Å². The molecule has 2 aliphatic heterocycles. The highest BCUT2D eigenvalue weighted by Crippen LogP contribution is 2.22. The van der Waals surface area contributed by atoms with Crippen LogP contribution in [0.1, 0.15) is 33.1 Å². The number of para-hydroxylation sites is 2. The molecule has 2 aliphatic rings. The number of carbonyl (C=O) groups is 1. The molecule has 0 saturated carbocycles. The Labute approximate surface area is 196 Å². The molecule has 2 aromatic rings. The molecule has 4 rings (SSSR count). The van der Waals surface area contributed by atoms with Crippen LogP contribution in [0.5, 0.6) is 0 Å². The van der Waals surface area contributed by atoms with Crippen molar-refractivity contribution < 1.29 is 4.79 Å². The maximum absolute atomic E-state index is 13.1. The predicted octanol–water partition coefficient (Wildman–Crippen LogP) is 1.78. The quantitative estimate of drug-likeness (QED) is 0.613. The first-order valence-corrected chi connectivity index (χ1v) is 12.6. The summed E-state index contributed by atoms with van der Waals surface area (Å²) in [5.41, 5.74) is 1.61. The van der Waals surface area contributed by atoms with E-state index >= 15 is 0 Å². The van der Waals surface area contributed by atoms with Crippen LogP contribution in [-0.4, -0.2) is 84.2 Å². The van der Waals surface area contributed by atoms with Crippen molar-refractivity contribution in [1.29, 1.82) is 0 Å². The Kier molecular flexibility index (Phi) is 7.98. The van der Waals surface area contributed by atoms with Crippen LogP contribution in [0.25, 0.3) is 11.0 Å². The number of anilines is 1. The minimum atomic E-state index is -0.102. The van der Waals surface area contributed by atoms with Gasteiger partial charge in [-0.1, -0.05) is 19.1 Å². The molecule has 0 spiro atoms. The Hall–Kier alpha value is -2.45. The SMILES string of the molecule is CCN1CCN(CCCNC(=O)[C@H]2CCCN(c3nc4ccccc4n(CC)c3=O)C2)CC1. The molecule has 0 radical (unpaired) electrons. The van der Waals surface area contributed by atoms with Gasteiger partial charge >= 0.3 is 0 Å². The number of likely N-dealkylation sites (N-methyl/N-ethyl adjacent to an activating group) is 1. The molecule has 1 aromatic carbocycles. The highest BCUT2D eigenvalue weighted by Gasteiger charge is 2.28. The molecule has 1 N–H and O–H groups in total. The fourth-order valence-electron chi connectivity index (χ4n) is 5.07. The van der Waals surface area contributed by atoms with Crippen molar-refractivity contribution >= 4 is 22.8 Å². The fourth-order valence-corrected chi connectivity index (χ4v) is 5.07. The van der Waals surface area contributed by atoms with Gasteiger partial charge in [0.2, 0.25) is 5.91 Å². The van der Waals surface area contributed by atoms with Crippen LogP contribution in [0.4, 0.5) is 5.82 Å². The monoisotopic (exact) mass is 454 g/mol. The van der Waals surface area contributed by atoms with Gasteiger partial charge in [-0.25, -0.2) is 4.98 Å². The number of piperazine rings is 1. The van der Waals surface area contributed by atoms with E-state index in [-0.39, 0.29) is 17.4 Å². The molecule has 1 amide bonds. The standard InChI is InChI=1S/C25H38N6O2/c1-3-28-15-17-29(18-16-28)13-8-12-26-24(32)20-9-7-14-30(19-20)23-25(33)31(4-2)22-11-6-5-10-21(22)27-23/h5-6,10-11,20H,3-4,7-9,12-19H2,1-2H3,(H,26,32)/t20-/m0/s1. The maximum atomic E-state index is 13.1. The number of hydrogen-bond acceptors (Lipinski definition) is 6. The van der Waals surface area contributed by atoms with Crippen LogP contribution in [0.3, 0.4) is 0 Å². The summed E-state index contributed by atoms with van der Waals surface area (Å²) in [6.07, 6.45) is 2.72. The number of nitrogens with zero attached hydrogens (tertiary/aromatic N) is 5. The Balaban J connectivity index is 1.32. The number of benzene rings is 1. The number of hydrogen-bond donors (Lipinski definition) is 1. The topological polar surface area (TPSA) is 73.7 Å². The van der Waals surface area contributed by atoms with Gasteiger partial charge in [-0.3, -0.25) is 9.59 Å². The minimum Gasteiger partial charge on any atom is -0.356 e. The molecule has 2 fully saturated rings. The van der Waals surface area contributed by atoms with Crippen molar-refractivity contribution in [2.75, 3.05) is 63.8 Å². The van der Waals surface area contributed by atoms with Crippen LogP contribution in [0.15, 0.2) is 29.1 Å². The van der Waals surface area contributed by atoms with Crippen molar-refractivity contribution in [3.63, 3.8) is 0 Å². The number of aromatic nitrogens is 2. The lowest BCUT2D eigenvalue weighted by Gasteiger charge is -2.34. The zero-order valence-electron chi connectivity index (χ0n) is 20.1. The Morgan fingerprint density at radius 3 is 2.58 bits per heavy atom. The van der Waals surface area contributed by atoms with Crippen molar-refractivity contribution in [2.24, 2.45) is 5.92 Å². The summed E-state index contributed by atoms with van der Waals surface area (Å²) >= 11 is 0. The van der Waals surface area contributed by atoms with Crippen molar-refractivity contribution in [2.45, 2.75) is 39.7 Å². The number of fused-ring (bicyclic) bond motifs is 1. The number of piperidine rings is 1. The molecule has 8 heteroatoms. The first-order valence-electron chi connectivity index (χ1n) is 12.6. The van der Waals surface area contributed by atoms with E-state index in [4.69, 9.17) is 4.98 Å². The highest BCUT2D eigenvalue weighted by molar-refractivity contribution is 5.80. The van der Waals surface area contributed by atoms with Crippen molar-refractivity contribution in [1.82, 2.24) is 24.7 Å². The average molecular weight is 455 g/mol. The van der Waals surface area contributed by atoms with Gasteiger partial charge in [0.15, 0.2) is 5.82 Å². The van der Waals surface area contributed by atoms with E-state index in [0.29, 0.717) is 25.5 Å². The van der Waals surface area contributed by atoms with E-state index in [9.17, 15) is 9.59 Å². The normalized spacial score (nSPS) is 20.3. The molecule has 180 valence electrons. The van der Waals surface area contributed by atoms with Crippen LogP contribution >= 0.6 is 0 Å². The van der Waals surface area contributed by atoms with Crippen LogP contribution in [0, 0.1) is 5.92 Å². The summed E-state index contributed by atoms with van der Waals surface area (Å²) in [6.45, 7) is 13.5. The zero-order chi connectivity index (χ0) is 23.2. The van der Waals surface area contributed by atoms with E-state index in [1.54, 1.807) is 4.57 Å². The molecule has 3 heterocycles. The Morgan fingerprint density at radius 2 is 1.82 bits per heavy atom. The molecular weight excluding hydrogens is 416 g/mol.